The average Bonchev–Trinajstić information content (AvgIpc) is 3.31. The van der Waals surface area contributed by atoms with Crippen LogP contribution in [0.4, 0.5) is 0 Å². The summed E-state index contributed by atoms with van der Waals surface area (Å²) < 4.78 is 37.8. The fraction of sp³-hybridized carbons (Fsp3) is 0.917. The van der Waals surface area contributed by atoms with Gasteiger partial charge in [0, 0.05) is 6.61 Å². The van der Waals surface area contributed by atoms with Crippen LogP contribution >= 0.6 is 0 Å². The zero-order valence-electron chi connectivity index (χ0n) is 20.1. The monoisotopic (exact) mass is 492 g/mol. The largest absolute Gasteiger partial charge is 0.394 e. The highest BCUT2D eigenvalue weighted by molar-refractivity contribution is 5.00. The van der Waals surface area contributed by atoms with Crippen LogP contribution in [0.15, 0.2) is 12.2 Å². The maximum absolute atomic E-state index is 9.69. The van der Waals surface area contributed by atoms with E-state index in [0.29, 0.717) is 19.8 Å². The Balaban J connectivity index is 0.000000187. The molecule has 5 rings (SSSR count). The molecule has 5 aliphatic rings. The number of ether oxygens (including phenoxy) is 7. The Morgan fingerprint density at radius 2 is 1.56 bits per heavy atom. The quantitative estimate of drug-likeness (QED) is 0.459. The second kappa shape index (κ2) is 13.0. The van der Waals surface area contributed by atoms with Crippen molar-refractivity contribution in [3.8, 4) is 0 Å². The van der Waals surface area contributed by atoms with E-state index in [9.17, 15) is 10.2 Å². The molecule has 0 aromatic carbocycles. The van der Waals surface area contributed by atoms with Gasteiger partial charge in [0.25, 0.3) is 0 Å². The summed E-state index contributed by atoms with van der Waals surface area (Å²) in [5.41, 5.74) is 0. The second-order valence-electron chi connectivity index (χ2n) is 9.63. The molecule has 200 valence electrons. The third-order valence-corrected chi connectivity index (χ3v) is 5.93. The highest BCUT2D eigenvalue weighted by Gasteiger charge is 2.46. The van der Waals surface area contributed by atoms with E-state index < -0.39 is 29.9 Å². The van der Waals surface area contributed by atoms with Crippen LogP contribution in [0.3, 0.4) is 0 Å². The minimum absolute atomic E-state index is 0. The summed E-state index contributed by atoms with van der Waals surface area (Å²) in [5, 5.41) is 27.5. The molecule has 0 bridgehead atoms. The summed E-state index contributed by atoms with van der Waals surface area (Å²) in [5.74, 6) is -1.19. The zero-order chi connectivity index (χ0) is 24.1. The molecule has 1 unspecified atom stereocenters. The summed E-state index contributed by atoms with van der Waals surface area (Å²) in [6.07, 6.45) is 3.97. The van der Waals surface area contributed by atoms with E-state index in [-0.39, 0.29) is 45.1 Å². The molecular formula is C24H44O10. The first-order chi connectivity index (χ1) is 15.6. The van der Waals surface area contributed by atoms with Gasteiger partial charge in [-0.05, 0) is 40.5 Å². The third-order valence-electron chi connectivity index (χ3n) is 5.93. The van der Waals surface area contributed by atoms with Gasteiger partial charge in [0.05, 0.1) is 39.1 Å². The first-order valence-electron chi connectivity index (χ1n) is 11.7. The van der Waals surface area contributed by atoms with Crippen molar-refractivity contribution in [2.45, 2.75) is 102 Å². The van der Waals surface area contributed by atoms with Crippen LogP contribution < -0.4 is 0 Å². The minimum Gasteiger partial charge on any atom is -0.394 e. The summed E-state index contributed by atoms with van der Waals surface area (Å²) >= 11 is 0. The normalized spacial score (nSPS) is 39.7. The molecule has 4 saturated heterocycles. The van der Waals surface area contributed by atoms with Crippen LogP contribution in [-0.4, -0.2) is 109 Å². The summed E-state index contributed by atoms with van der Waals surface area (Å²) in [4.78, 5) is 0. The molecule has 0 aliphatic carbocycles. The molecule has 34 heavy (non-hydrogen) atoms. The van der Waals surface area contributed by atoms with Crippen molar-refractivity contribution in [2.75, 3.05) is 39.6 Å². The molecule has 0 spiro atoms. The summed E-state index contributed by atoms with van der Waals surface area (Å²) in [6, 6.07) is 0. The Morgan fingerprint density at radius 3 is 2.18 bits per heavy atom. The smallest absolute Gasteiger partial charge is 0.163 e. The van der Waals surface area contributed by atoms with Crippen molar-refractivity contribution in [1.82, 2.24) is 0 Å². The summed E-state index contributed by atoms with van der Waals surface area (Å²) in [6.45, 7) is 10.3. The fourth-order valence-electron chi connectivity index (χ4n) is 4.07. The Morgan fingerprint density at radius 1 is 0.882 bits per heavy atom. The number of hydrogen-bond acceptors (Lipinski definition) is 10. The minimum atomic E-state index is -0.892. The molecule has 5 aliphatic heterocycles. The fourth-order valence-corrected chi connectivity index (χ4v) is 4.07. The van der Waals surface area contributed by atoms with Gasteiger partial charge in [0.2, 0.25) is 0 Å². The molecule has 7 atom stereocenters. The highest BCUT2D eigenvalue weighted by atomic mass is 16.7. The first-order valence-corrected chi connectivity index (χ1v) is 11.7. The van der Waals surface area contributed by atoms with Gasteiger partial charge in [-0.2, -0.15) is 0 Å². The number of aliphatic hydroxyl groups is 3. The predicted octanol–water partition coefficient (Wildman–Crippen LogP) is 1.15. The van der Waals surface area contributed by atoms with Crippen LogP contribution in [0.2, 0.25) is 0 Å². The lowest BCUT2D eigenvalue weighted by Gasteiger charge is -2.46. The van der Waals surface area contributed by atoms with Crippen LogP contribution in [0.1, 0.15) is 48.0 Å². The standard InChI is InChI=1S/C9H16O5.C9H14O3.C5H10O2.CH4/c1-9(2)13-4-6-8(14-9)7(11)5(10)3-12-6;1-9(2)11-6-8-7(12-9)4-3-5-10-8;6-4-5-2-1-3-7-5;/h5-8,10-11H,3-4H2,1-2H3;3-4,7-8H,5-6H2,1-2H3;5-6H,1-4H2;1H4/t5-,6-,7-,8-;7-,8+;;/m10../s1. The van der Waals surface area contributed by atoms with Crippen molar-refractivity contribution < 1.29 is 48.5 Å². The molecule has 0 radical (unpaired) electrons. The van der Waals surface area contributed by atoms with Crippen LogP contribution in [0.5, 0.6) is 0 Å². The number of hydrogen-bond donors (Lipinski definition) is 3. The van der Waals surface area contributed by atoms with Gasteiger partial charge in [-0.25, -0.2) is 0 Å². The van der Waals surface area contributed by atoms with E-state index in [1.165, 1.54) is 0 Å². The number of rotatable bonds is 1. The highest BCUT2D eigenvalue weighted by Crippen LogP contribution is 2.30. The Bertz CT molecular complexity index is 617. The van der Waals surface area contributed by atoms with Crippen molar-refractivity contribution >= 4 is 0 Å². The topological polar surface area (TPSA) is 125 Å². The van der Waals surface area contributed by atoms with E-state index >= 15 is 0 Å². The van der Waals surface area contributed by atoms with Crippen molar-refractivity contribution in [3.05, 3.63) is 12.2 Å². The molecular weight excluding hydrogens is 448 g/mol. The summed E-state index contributed by atoms with van der Waals surface area (Å²) in [7, 11) is 0. The van der Waals surface area contributed by atoms with E-state index in [1.54, 1.807) is 13.8 Å². The number of aliphatic hydroxyl groups excluding tert-OH is 3. The van der Waals surface area contributed by atoms with Crippen molar-refractivity contribution in [1.29, 1.82) is 0 Å². The Labute approximate surface area is 203 Å². The van der Waals surface area contributed by atoms with Gasteiger partial charge in [0.15, 0.2) is 11.6 Å². The van der Waals surface area contributed by atoms with Gasteiger partial charge in [-0.1, -0.05) is 19.6 Å². The lowest BCUT2D eigenvalue weighted by Crippen LogP contribution is -2.61. The average molecular weight is 493 g/mol. The maximum Gasteiger partial charge on any atom is 0.163 e. The van der Waals surface area contributed by atoms with Gasteiger partial charge in [0.1, 0.15) is 36.6 Å². The lowest BCUT2D eigenvalue weighted by molar-refractivity contribution is -0.346. The van der Waals surface area contributed by atoms with Gasteiger partial charge >= 0.3 is 0 Å². The lowest BCUT2D eigenvalue weighted by atomic mass is 9.99. The Hall–Kier alpha value is -0.660. The van der Waals surface area contributed by atoms with E-state index in [1.807, 2.05) is 19.9 Å². The molecule has 10 nitrogen and oxygen atoms in total. The maximum atomic E-state index is 9.69. The van der Waals surface area contributed by atoms with Crippen LogP contribution in [0.25, 0.3) is 0 Å². The van der Waals surface area contributed by atoms with Crippen LogP contribution in [-0.2, 0) is 33.2 Å². The van der Waals surface area contributed by atoms with Gasteiger partial charge < -0.3 is 48.5 Å². The molecule has 10 heteroatoms. The molecule has 3 N–H and O–H groups in total. The van der Waals surface area contributed by atoms with Gasteiger partial charge in [-0.3, -0.25) is 0 Å². The molecule has 5 heterocycles. The molecule has 0 amide bonds. The SMILES string of the molecule is C.CC1(C)OC[C@H]2OCC=C[C@@H]2O1.CC1(C)OC[C@H]2OC[C@@H](O)[C@@H](O)[C@@H]2O1.OCC1CCCO1. The van der Waals surface area contributed by atoms with Crippen LogP contribution in [0, 0.1) is 0 Å². The van der Waals surface area contributed by atoms with E-state index in [4.69, 9.17) is 38.3 Å². The molecule has 4 fully saturated rings. The first kappa shape index (κ1) is 29.6. The third kappa shape index (κ3) is 8.48. The van der Waals surface area contributed by atoms with Crippen molar-refractivity contribution in [2.24, 2.45) is 0 Å². The molecule has 0 aromatic rings. The second-order valence-corrected chi connectivity index (χ2v) is 9.63. The van der Waals surface area contributed by atoms with Crippen molar-refractivity contribution in [3.63, 3.8) is 0 Å². The Kier molecular flexibility index (Phi) is 11.3. The predicted molar refractivity (Wildman–Crippen MR) is 123 cm³/mol. The van der Waals surface area contributed by atoms with Gasteiger partial charge in [-0.15, -0.1) is 0 Å². The molecule has 0 aromatic heterocycles. The zero-order valence-corrected chi connectivity index (χ0v) is 20.1. The molecule has 0 saturated carbocycles. The number of fused-ring (bicyclic) bond motifs is 2. The van der Waals surface area contributed by atoms with E-state index in [2.05, 4.69) is 6.08 Å². The van der Waals surface area contributed by atoms with E-state index in [0.717, 1.165) is 19.4 Å².